The Bertz CT molecular complexity index is 206. The molecular formula is C10H17NO. The van der Waals surface area contributed by atoms with Gasteiger partial charge in [-0.1, -0.05) is 0 Å². The molecule has 1 saturated heterocycles. The Morgan fingerprint density at radius 3 is 2.42 bits per heavy atom. The van der Waals surface area contributed by atoms with Crippen LogP contribution in [-0.2, 0) is 4.79 Å². The highest BCUT2D eigenvalue weighted by molar-refractivity contribution is 5.78. The molecule has 2 rings (SSSR count). The predicted molar refractivity (Wildman–Crippen MR) is 47.8 cm³/mol. The Kier molecular flexibility index (Phi) is 1.67. The van der Waals surface area contributed by atoms with E-state index in [-0.39, 0.29) is 0 Å². The maximum Gasteiger partial charge on any atom is 0.223 e. The highest BCUT2D eigenvalue weighted by Gasteiger charge is 2.47. The molecule has 0 aromatic carbocycles. The molecule has 0 bridgehead atoms. The van der Waals surface area contributed by atoms with E-state index in [1.54, 1.807) is 0 Å². The first-order chi connectivity index (χ1) is 5.63. The van der Waals surface area contributed by atoms with E-state index in [1.165, 1.54) is 19.3 Å². The molecule has 2 fully saturated rings. The summed E-state index contributed by atoms with van der Waals surface area (Å²) in [5.41, 5.74) is 0.475. The van der Waals surface area contributed by atoms with Gasteiger partial charge in [-0.2, -0.15) is 0 Å². The molecule has 0 unspecified atom stereocenters. The topological polar surface area (TPSA) is 20.3 Å². The summed E-state index contributed by atoms with van der Waals surface area (Å²) in [6.45, 7) is 5.20. The highest BCUT2D eigenvalue weighted by Crippen LogP contribution is 2.54. The summed E-state index contributed by atoms with van der Waals surface area (Å²) < 4.78 is 0. The fraction of sp³-hybridized carbons (Fsp3) is 0.900. The number of carbonyl (C=O) groups excluding carboxylic acids is 1. The molecule has 12 heavy (non-hydrogen) atoms. The second-order valence-corrected chi connectivity index (χ2v) is 4.61. The van der Waals surface area contributed by atoms with Gasteiger partial charge in [0.1, 0.15) is 0 Å². The van der Waals surface area contributed by atoms with Gasteiger partial charge in [-0.15, -0.1) is 0 Å². The molecule has 1 saturated carbocycles. The third-order valence-corrected chi connectivity index (χ3v) is 3.31. The second-order valence-electron chi connectivity index (χ2n) is 4.61. The molecule has 2 nitrogen and oxygen atoms in total. The first-order valence-electron chi connectivity index (χ1n) is 4.92. The lowest BCUT2D eigenvalue weighted by molar-refractivity contribution is -0.137. The SMILES string of the molecule is CC(C)N1CCC2(CC2)CC1=O. The molecule has 1 aliphatic heterocycles. The molecule has 1 spiro atoms. The van der Waals surface area contributed by atoms with E-state index < -0.39 is 0 Å². The Hall–Kier alpha value is -0.530. The fourth-order valence-corrected chi connectivity index (χ4v) is 2.14. The van der Waals surface area contributed by atoms with Crippen LogP contribution in [0.1, 0.15) is 39.5 Å². The van der Waals surface area contributed by atoms with Gasteiger partial charge in [-0.05, 0) is 38.5 Å². The first kappa shape index (κ1) is 8.09. The van der Waals surface area contributed by atoms with E-state index >= 15 is 0 Å². The zero-order chi connectivity index (χ0) is 8.77. The Morgan fingerprint density at radius 2 is 2.00 bits per heavy atom. The summed E-state index contributed by atoms with van der Waals surface area (Å²) in [5, 5.41) is 0. The summed E-state index contributed by atoms with van der Waals surface area (Å²) in [5.74, 6) is 0.383. The average Bonchev–Trinajstić information content (AvgIpc) is 2.68. The Morgan fingerprint density at radius 1 is 1.33 bits per heavy atom. The molecule has 0 atom stereocenters. The average molecular weight is 167 g/mol. The minimum atomic E-state index is 0.383. The molecule has 2 heteroatoms. The summed E-state index contributed by atoms with van der Waals surface area (Å²) >= 11 is 0. The minimum absolute atomic E-state index is 0.383. The van der Waals surface area contributed by atoms with Crippen LogP contribution in [0, 0.1) is 5.41 Å². The summed E-state index contributed by atoms with van der Waals surface area (Å²) in [4.78, 5) is 13.6. The van der Waals surface area contributed by atoms with Crippen molar-refractivity contribution in [2.24, 2.45) is 5.41 Å². The lowest BCUT2D eigenvalue weighted by Crippen LogP contribution is -2.43. The number of rotatable bonds is 1. The van der Waals surface area contributed by atoms with Gasteiger partial charge in [-0.25, -0.2) is 0 Å². The predicted octanol–water partition coefficient (Wildman–Crippen LogP) is 1.80. The zero-order valence-electron chi connectivity index (χ0n) is 7.97. The normalized spacial score (nSPS) is 26.9. The van der Waals surface area contributed by atoms with Crippen LogP contribution in [0.4, 0.5) is 0 Å². The van der Waals surface area contributed by atoms with Crippen LogP contribution in [0.5, 0.6) is 0 Å². The van der Waals surface area contributed by atoms with Crippen LogP contribution in [0.25, 0.3) is 0 Å². The van der Waals surface area contributed by atoms with Gasteiger partial charge in [0.2, 0.25) is 5.91 Å². The minimum Gasteiger partial charge on any atom is -0.340 e. The standard InChI is InChI=1S/C10H17NO/c1-8(2)11-6-5-10(3-4-10)7-9(11)12/h8H,3-7H2,1-2H3. The molecule has 0 aromatic rings. The number of nitrogens with zero attached hydrogens (tertiary/aromatic N) is 1. The van der Waals surface area contributed by atoms with E-state index in [2.05, 4.69) is 13.8 Å². The van der Waals surface area contributed by atoms with E-state index in [0.29, 0.717) is 17.4 Å². The van der Waals surface area contributed by atoms with Crippen molar-refractivity contribution in [1.82, 2.24) is 4.90 Å². The number of likely N-dealkylation sites (tertiary alicyclic amines) is 1. The van der Waals surface area contributed by atoms with Crippen molar-refractivity contribution >= 4 is 5.91 Å². The number of amides is 1. The molecule has 0 N–H and O–H groups in total. The van der Waals surface area contributed by atoms with Gasteiger partial charge < -0.3 is 4.90 Å². The summed E-state index contributed by atoms with van der Waals surface area (Å²) in [7, 11) is 0. The van der Waals surface area contributed by atoms with Crippen LogP contribution in [0.3, 0.4) is 0 Å². The van der Waals surface area contributed by atoms with Crippen LogP contribution >= 0.6 is 0 Å². The largest absolute Gasteiger partial charge is 0.340 e. The van der Waals surface area contributed by atoms with Crippen molar-refractivity contribution in [1.29, 1.82) is 0 Å². The molecule has 1 aliphatic carbocycles. The van der Waals surface area contributed by atoms with Crippen molar-refractivity contribution in [3.63, 3.8) is 0 Å². The van der Waals surface area contributed by atoms with Gasteiger partial charge >= 0.3 is 0 Å². The molecule has 1 heterocycles. The lowest BCUT2D eigenvalue weighted by Gasteiger charge is -2.34. The third kappa shape index (κ3) is 1.23. The Labute approximate surface area is 73.9 Å². The van der Waals surface area contributed by atoms with Crippen molar-refractivity contribution < 1.29 is 4.79 Å². The molecule has 0 radical (unpaired) electrons. The summed E-state index contributed by atoms with van der Waals surface area (Å²) in [6.07, 6.45) is 4.66. The smallest absolute Gasteiger partial charge is 0.223 e. The van der Waals surface area contributed by atoms with Crippen molar-refractivity contribution in [2.45, 2.75) is 45.6 Å². The van der Waals surface area contributed by atoms with Crippen molar-refractivity contribution in [3.05, 3.63) is 0 Å². The lowest BCUT2D eigenvalue weighted by atomic mass is 9.92. The van der Waals surface area contributed by atoms with Gasteiger partial charge in [0.15, 0.2) is 0 Å². The maximum absolute atomic E-state index is 11.6. The van der Waals surface area contributed by atoms with Crippen molar-refractivity contribution in [2.75, 3.05) is 6.54 Å². The quantitative estimate of drug-likeness (QED) is 0.583. The monoisotopic (exact) mass is 167 g/mol. The number of hydrogen-bond donors (Lipinski definition) is 0. The molecular weight excluding hydrogens is 150 g/mol. The van der Waals surface area contributed by atoms with E-state index in [9.17, 15) is 4.79 Å². The second kappa shape index (κ2) is 2.48. The maximum atomic E-state index is 11.6. The number of hydrogen-bond acceptors (Lipinski definition) is 1. The first-order valence-corrected chi connectivity index (χ1v) is 4.92. The molecule has 0 aromatic heterocycles. The Balaban J connectivity index is 2.00. The zero-order valence-corrected chi connectivity index (χ0v) is 7.97. The molecule has 68 valence electrons. The highest BCUT2D eigenvalue weighted by atomic mass is 16.2. The fourth-order valence-electron chi connectivity index (χ4n) is 2.14. The van der Waals surface area contributed by atoms with Crippen LogP contribution in [-0.4, -0.2) is 23.4 Å². The van der Waals surface area contributed by atoms with Gasteiger partial charge in [0.25, 0.3) is 0 Å². The molecule has 1 amide bonds. The number of carbonyl (C=O) groups is 1. The van der Waals surface area contributed by atoms with Gasteiger partial charge in [0.05, 0.1) is 0 Å². The van der Waals surface area contributed by atoms with Crippen molar-refractivity contribution in [3.8, 4) is 0 Å². The number of piperidine rings is 1. The van der Waals surface area contributed by atoms with E-state index in [0.717, 1.165) is 13.0 Å². The van der Waals surface area contributed by atoms with Gasteiger partial charge in [-0.3, -0.25) is 4.79 Å². The van der Waals surface area contributed by atoms with Crippen LogP contribution < -0.4 is 0 Å². The third-order valence-electron chi connectivity index (χ3n) is 3.31. The summed E-state index contributed by atoms with van der Waals surface area (Å²) in [6, 6.07) is 0.397. The van der Waals surface area contributed by atoms with Crippen LogP contribution in [0.15, 0.2) is 0 Å². The van der Waals surface area contributed by atoms with E-state index in [1.807, 2.05) is 4.90 Å². The van der Waals surface area contributed by atoms with E-state index in [4.69, 9.17) is 0 Å². The van der Waals surface area contributed by atoms with Gasteiger partial charge in [0, 0.05) is 19.0 Å². The van der Waals surface area contributed by atoms with Crippen LogP contribution in [0.2, 0.25) is 0 Å². The molecule has 2 aliphatic rings.